The van der Waals surface area contributed by atoms with Gasteiger partial charge in [0.25, 0.3) is 0 Å². The molecule has 2 aliphatic rings. The highest BCUT2D eigenvalue weighted by molar-refractivity contribution is 7.19. The maximum absolute atomic E-state index is 9.82. The van der Waals surface area contributed by atoms with Crippen LogP contribution in [0.4, 0.5) is 5.82 Å². The lowest BCUT2D eigenvalue weighted by Crippen LogP contribution is -2.30. The lowest BCUT2D eigenvalue weighted by molar-refractivity contribution is 0.124. The van der Waals surface area contributed by atoms with Gasteiger partial charge in [-0.05, 0) is 50.5 Å². The number of thiophene rings is 1. The molecular weight excluding hydrogens is 270 g/mol. The Morgan fingerprint density at radius 3 is 3.05 bits per heavy atom. The predicted molar refractivity (Wildman–Crippen MR) is 81.3 cm³/mol. The largest absolute Gasteiger partial charge is 0.393 e. The fourth-order valence-electron chi connectivity index (χ4n) is 3.53. The molecule has 1 fully saturated rings. The topological polar surface area (TPSA) is 58.0 Å². The number of aromatic nitrogens is 2. The molecule has 5 heteroatoms. The van der Waals surface area contributed by atoms with Gasteiger partial charge in [-0.1, -0.05) is 0 Å². The number of nitrogens with one attached hydrogen (secondary N) is 1. The summed E-state index contributed by atoms with van der Waals surface area (Å²) in [6, 6.07) is 0.341. The van der Waals surface area contributed by atoms with E-state index in [1.807, 2.05) is 11.3 Å². The van der Waals surface area contributed by atoms with E-state index in [1.165, 1.54) is 28.7 Å². The first kappa shape index (κ1) is 12.5. The molecule has 0 bridgehead atoms. The highest BCUT2D eigenvalue weighted by Gasteiger charge is 2.24. The molecule has 1 saturated carbocycles. The highest BCUT2D eigenvalue weighted by Crippen LogP contribution is 2.39. The van der Waals surface area contributed by atoms with Crippen molar-refractivity contribution >= 4 is 27.4 Å². The second-order valence-electron chi connectivity index (χ2n) is 5.92. The van der Waals surface area contributed by atoms with Crippen LogP contribution in [0.25, 0.3) is 10.2 Å². The van der Waals surface area contributed by atoms with Crippen LogP contribution in [0.2, 0.25) is 0 Å². The predicted octanol–water partition coefficient (Wildman–Crippen LogP) is 2.90. The molecule has 0 amide bonds. The van der Waals surface area contributed by atoms with E-state index in [0.29, 0.717) is 6.04 Å². The molecule has 2 aliphatic carbocycles. The number of aryl methyl sites for hydroxylation is 2. The molecule has 2 atom stereocenters. The van der Waals surface area contributed by atoms with E-state index in [0.717, 1.165) is 42.8 Å². The van der Waals surface area contributed by atoms with Crippen LogP contribution in [0.1, 0.15) is 42.5 Å². The Balaban J connectivity index is 1.69. The summed E-state index contributed by atoms with van der Waals surface area (Å²) in [4.78, 5) is 11.5. The van der Waals surface area contributed by atoms with E-state index in [-0.39, 0.29) is 6.10 Å². The molecule has 0 unspecified atom stereocenters. The van der Waals surface area contributed by atoms with E-state index in [4.69, 9.17) is 0 Å². The summed E-state index contributed by atoms with van der Waals surface area (Å²) in [7, 11) is 0. The number of anilines is 1. The number of aliphatic hydroxyl groups excluding tert-OH is 1. The van der Waals surface area contributed by atoms with Gasteiger partial charge < -0.3 is 10.4 Å². The summed E-state index contributed by atoms with van der Waals surface area (Å²) >= 11 is 1.82. The van der Waals surface area contributed by atoms with Crippen molar-refractivity contribution in [3.63, 3.8) is 0 Å². The van der Waals surface area contributed by atoms with Crippen LogP contribution in [0.3, 0.4) is 0 Å². The fraction of sp³-hybridized carbons (Fsp3) is 0.600. The van der Waals surface area contributed by atoms with Gasteiger partial charge in [0.05, 0.1) is 11.5 Å². The van der Waals surface area contributed by atoms with E-state index in [2.05, 4.69) is 15.3 Å². The molecule has 106 valence electrons. The summed E-state index contributed by atoms with van der Waals surface area (Å²) < 4.78 is 0. The standard InChI is InChI=1S/C15H19N3OS/c19-10-4-1-3-9(7-10)18-14-13-11-5-2-6-12(11)20-15(13)17-8-16-14/h8-10,19H,1-7H2,(H,16,17,18)/t9-,10-/m1/s1. The molecule has 0 saturated heterocycles. The number of hydrogen-bond donors (Lipinski definition) is 2. The molecule has 0 radical (unpaired) electrons. The number of aliphatic hydroxyl groups is 1. The normalized spacial score (nSPS) is 25.9. The second kappa shape index (κ2) is 4.97. The summed E-state index contributed by atoms with van der Waals surface area (Å²) in [5.41, 5.74) is 1.46. The molecule has 0 aromatic carbocycles. The molecule has 2 heterocycles. The van der Waals surface area contributed by atoms with Gasteiger partial charge in [0, 0.05) is 10.9 Å². The van der Waals surface area contributed by atoms with Gasteiger partial charge >= 0.3 is 0 Å². The van der Waals surface area contributed by atoms with E-state index in [1.54, 1.807) is 6.33 Å². The van der Waals surface area contributed by atoms with Crippen molar-refractivity contribution in [3.8, 4) is 0 Å². The van der Waals surface area contributed by atoms with Crippen molar-refractivity contribution in [1.82, 2.24) is 9.97 Å². The van der Waals surface area contributed by atoms with Crippen LogP contribution in [0.15, 0.2) is 6.33 Å². The second-order valence-corrected chi connectivity index (χ2v) is 7.01. The SMILES string of the molecule is O[C@@H]1CCC[C@@H](Nc2ncnc3sc4c(c23)CCC4)C1. The van der Waals surface area contributed by atoms with Crippen LogP contribution in [-0.4, -0.2) is 27.2 Å². The summed E-state index contributed by atoms with van der Waals surface area (Å²) in [6.45, 7) is 0. The third-order valence-corrected chi connectivity index (χ3v) is 5.69. The summed E-state index contributed by atoms with van der Waals surface area (Å²) in [5, 5.41) is 14.6. The monoisotopic (exact) mass is 289 g/mol. The third kappa shape index (κ3) is 2.09. The molecule has 4 rings (SSSR count). The first-order valence-electron chi connectivity index (χ1n) is 7.51. The van der Waals surface area contributed by atoms with Crippen LogP contribution in [0.5, 0.6) is 0 Å². The van der Waals surface area contributed by atoms with Gasteiger partial charge in [0.2, 0.25) is 0 Å². The molecule has 20 heavy (non-hydrogen) atoms. The molecule has 2 aromatic heterocycles. The van der Waals surface area contributed by atoms with Crippen molar-refractivity contribution in [2.45, 2.75) is 57.1 Å². The first-order chi connectivity index (χ1) is 9.81. The zero-order valence-electron chi connectivity index (χ0n) is 11.4. The van der Waals surface area contributed by atoms with E-state index < -0.39 is 0 Å². The molecular formula is C15H19N3OS. The first-order valence-corrected chi connectivity index (χ1v) is 8.33. The maximum Gasteiger partial charge on any atom is 0.138 e. The van der Waals surface area contributed by atoms with Crippen molar-refractivity contribution < 1.29 is 5.11 Å². The average Bonchev–Trinajstić information content (AvgIpc) is 2.99. The van der Waals surface area contributed by atoms with Crippen molar-refractivity contribution in [3.05, 3.63) is 16.8 Å². The molecule has 4 nitrogen and oxygen atoms in total. The zero-order valence-corrected chi connectivity index (χ0v) is 12.2. The Morgan fingerprint density at radius 2 is 2.15 bits per heavy atom. The van der Waals surface area contributed by atoms with Gasteiger partial charge in [-0.3, -0.25) is 0 Å². The number of hydrogen-bond acceptors (Lipinski definition) is 5. The Morgan fingerprint density at radius 1 is 1.20 bits per heavy atom. The van der Waals surface area contributed by atoms with E-state index in [9.17, 15) is 5.11 Å². The van der Waals surface area contributed by atoms with Gasteiger partial charge in [-0.2, -0.15) is 0 Å². The molecule has 2 aromatic rings. The van der Waals surface area contributed by atoms with Crippen molar-refractivity contribution in [1.29, 1.82) is 0 Å². The average molecular weight is 289 g/mol. The smallest absolute Gasteiger partial charge is 0.138 e. The lowest BCUT2D eigenvalue weighted by atomic mass is 9.93. The number of rotatable bonds is 2. The Labute approximate surface area is 122 Å². The van der Waals surface area contributed by atoms with Gasteiger partial charge in [-0.15, -0.1) is 11.3 Å². The third-order valence-electron chi connectivity index (χ3n) is 4.49. The fourth-order valence-corrected chi connectivity index (χ4v) is 4.76. The number of nitrogens with zero attached hydrogens (tertiary/aromatic N) is 2. The number of fused-ring (bicyclic) bond motifs is 3. The van der Waals surface area contributed by atoms with Crippen molar-refractivity contribution in [2.75, 3.05) is 5.32 Å². The lowest BCUT2D eigenvalue weighted by Gasteiger charge is -2.27. The summed E-state index contributed by atoms with van der Waals surface area (Å²) in [6.07, 6.45) is 9.09. The van der Waals surface area contributed by atoms with Crippen LogP contribution < -0.4 is 5.32 Å². The zero-order chi connectivity index (χ0) is 13.5. The summed E-state index contributed by atoms with van der Waals surface area (Å²) in [5.74, 6) is 0.980. The molecule has 0 spiro atoms. The Kier molecular flexibility index (Phi) is 3.11. The van der Waals surface area contributed by atoms with Crippen LogP contribution in [-0.2, 0) is 12.8 Å². The van der Waals surface area contributed by atoms with Crippen molar-refractivity contribution in [2.24, 2.45) is 0 Å². The molecule has 0 aliphatic heterocycles. The Bertz CT molecular complexity index is 639. The minimum Gasteiger partial charge on any atom is -0.393 e. The Hall–Kier alpha value is -1.20. The highest BCUT2D eigenvalue weighted by atomic mass is 32.1. The maximum atomic E-state index is 9.82. The van der Waals surface area contributed by atoms with Gasteiger partial charge in [-0.25, -0.2) is 9.97 Å². The quantitative estimate of drug-likeness (QED) is 0.892. The van der Waals surface area contributed by atoms with Crippen LogP contribution in [0, 0.1) is 0 Å². The van der Waals surface area contributed by atoms with Gasteiger partial charge in [0.1, 0.15) is 17.0 Å². The van der Waals surface area contributed by atoms with E-state index >= 15 is 0 Å². The van der Waals surface area contributed by atoms with Gasteiger partial charge in [0.15, 0.2) is 0 Å². The minimum absolute atomic E-state index is 0.160. The molecule has 2 N–H and O–H groups in total. The minimum atomic E-state index is -0.160. The van der Waals surface area contributed by atoms with Crippen LogP contribution >= 0.6 is 11.3 Å².